The summed E-state index contributed by atoms with van der Waals surface area (Å²) in [7, 11) is 1.94. The average molecular weight is 447 g/mol. The summed E-state index contributed by atoms with van der Waals surface area (Å²) in [6.45, 7) is 7.85. The smallest absolute Gasteiger partial charge is 0.148 e. The van der Waals surface area contributed by atoms with Crippen molar-refractivity contribution in [1.82, 2.24) is 24.9 Å². The molecule has 1 aliphatic carbocycles. The maximum absolute atomic E-state index is 5.94. The van der Waals surface area contributed by atoms with Crippen molar-refractivity contribution < 1.29 is 4.74 Å². The fraction of sp³-hybridized carbons (Fsp3) is 0.577. The van der Waals surface area contributed by atoms with Gasteiger partial charge in [0.2, 0.25) is 0 Å². The molecule has 174 valence electrons. The maximum atomic E-state index is 5.94. The van der Waals surface area contributed by atoms with Gasteiger partial charge in [0.25, 0.3) is 0 Å². The van der Waals surface area contributed by atoms with Gasteiger partial charge in [-0.05, 0) is 75.6 Å². The van der Waals surface area contributed by atoms with Gasteiger partial charge in [-0.1, -0.05) is 6.07 Å². The summed E-state index contributed by atoms with van der Waals surface area (Å²) in [5.41, 5.74) is 2.99. The quantitative estimate of drug-likeness (QED) is 0.651. The predicted octanol–water partition coefficient (Wildman–Crippen LogP) is 4.11. The summed E-state index contributed by atoms with van der Waals surface area (Å²) in [6, 6.07) is 11.6. The lowest BCUT2D eigenvalue weighted by molar-refractivity contribution is -0.0811. The number of aromatic nitrogens is 4. The van der Waals surface area contributed by atoms with Gasteiger partial charge in [0.05, 0.1) is 16.8 Å². The molecule has 0 radical (unpaired) electrons. The van der Waals surface area contributed by atoms with Crippen LogP contribution in [0.3, 0.4) is 0 Å². The van der Waals surface area contributed by atoms with Gasteiger partial charge in [0.1, 0.15) is 5.82 Å². The first-order chi connectivity index (χ1) is 15.9. The molecule has 3 aliphatic rings. The Bertz CT molecular complexity index is 1130. The number of fused-ring (bicyclic) bond motifs is 2. The number of ether oxygens (including phenoxy) is 1. The molecule has 4 atom stereocenters. The zero-order valence-electron chi connectivity index (χ0n) is 19.9. The second kappa shape index (κ2) is 8.06. The summed E-state index contributed by atoms with van der Waals surface area (Å²) < 4.78 is 7.78. The van der Waals surface area contributed by atoms with Crippen molar-refractivity contribution >= 4 is 16.7 Å². The van der Waals surface area contributed by atoms with E-state index in [0.29, 0.717) is 12.1 Å². The van der Waals surface area contributed by atoms with Gasteiger partial charge in [-0.2, -0.15) is 5.10 Å². The number of likely N-dealkylation sites (tertiary alicyclic amines) is 1. The Morgan fingerprint density at radius 1 is 1.06 bits per heavy atom. The number of benzene rings is 1. The highest BCUT2D eigenvalue weighted by molar-refractivity contribution is 5.83. The first kappa shape index (κ1) is 21.1. The van der Waals surface area contributed by atoms with Crippen LogP contribution in [0.25, 0.3) is 22.2 Å². The fourth-order valence-electron chi connectivity index (χ4n) is 6.34. The Balaban J connectivity index is 1.06. The second-order valence-corrected chi connectivity index (χ2v) is 10.9. The van der Waals surface area contributed by atoms with Crippen molar-refractivity contribution in [2.24, 2.45) is 18.9 Å². The molecule has 2 aliphatic heterocycles. The molecule has 2 saturated heterocycles. The van der Waals surface area contributed by atoms with E-state index in [4.69, 9.17) is 4.74 Å². The monoisotopic (exact) mass is 446 g/mol. The van der Waals surface area contributed by atoms with E-state index in [1.807, 2.05) is 24.0 Å². The zero-order chi connectivity index (χ0) is 22.6. The van der Waals surface area contributed by atoms with E-state index in [0.717, 1.165) is 52.8 Å². The largest absolute Gasteiger partial charge is 0.375 e. The number of nitrogens with zero attached hydrogens (tertiary/aromatic N) is 5. The molecular formula is C26H34N6O. The molecule has 33 heavy (non-hydrogen) atoms. The first-order valence-electron chi connectivity index (χ1n) is 12.3. The first-order valence-corrected chi connectivity index (χ1v) is 12.3. The van der Waals surface area contributed by atoms with Gasteiger partial charge in [0, 0.05) is 56.0 Å². The highest BCUT2D eigenvalue weighted by Crippen LogP contribution is 2.41. The third-order valence-electron chi connectivity index (χ3n) is 7.90. The standard InChI is InChI=1S/C26H34N6O/c1-26(2)13-22(8-9-33-26)32-15-18-11-21(12-19(18)16-32)27-25-7-6-23(28-29-25)17-4-5-24-20(10-17)14-31(3)30-24/h4-7,10,14,18-19,21-22H,8-9,11-13,15-16H2,1-3H3,(H,27,29)/t18-,19+,21+,22?. The van der Waals surface area contributed by atoms with Crippen LogP contribution in [0.15, 0.2) is 36.5 Å². The lowest BCUT2D eigenvalue weighted by atomic mass is 9.93. The SMILES string of the molecule is Cn1cc2cc(-c3ccc(N[C@H]4C[C@@H]5CN(C6CCOC(C)(C)C6)C[C@@H]5C4)nn3)ccc2n1. The summed E-state index contributed by atoms with van der Waals surface area (Å²) >= 11 is 0. The van der Waals surface area contributed by atoms with E-state index in [-0.39, 0.29) is 5.60 Å². The molecule has 0 amide bonds. The Hall–Kier alpha value is -2.51. The fourth-order valence-corrected chi connectivity index (χ4v) is 6.34. The van der Waals surface area contributed by atoms with E-state index in [1.165, 1.54) is 32.4 Å². The average Bonchev–Trinajstić information content (AvgIpc) is 3.45. The molecule has 1 unspecified atom stereocenters. The normalized spacial score (nSPS) is 29.4. The number of rotatable bonds is 4. The highest BCUT2D eigenvalue weighted by Gasteiger charge is 2.44. The van der Waals surface area contributed by atoms with Crippen LogP contribution in [0.4, 0.5) is 5.82 Å². The van der Waals surface area contributed by atoms with Crippen LogP contribution < -0.4 is 5.32 Å². The minimum Gasteiger partial charge on any atom is -0.375 e. The van der Waals surface area contributed by atoms with E-state index in [1.54, 1.807) is 0 Å². The van der Waals surface area contributed by atoms with Crippen molar-refractivity contribution in [3.05, 3.63) is 36.5 Å². The number of hydrogen-bond donors (Lipinski definition) is 1. The van der Waals surface area contributed by atoms with Crippen LogP contribution in [0.2, 0.25) is 0 Å². The molecule has 4 heterocycles. The third kappa shape index (κ3) is 4.24. The number of aryl methyl sites for hydroxylation is 1. The van der Waals surface area contributed by atoms with Crippen LogP contribution >= 0.6 is 0 Å². The molecule has 1 N–H and O–H groups in total. The van der Waals surface area contributed by atoms with Gasteiger partial charge in [-0.25, -0.2) is 0 Å². The van der Waals surface area contributed by atoms with E-state index < -0.39 is 0 Å². The molecule has 1 saturated carbocycles. The van der Waals surface area contributed by atoms with Crippen LogP contribution in [0.5, 0.6) is 0 Å². The lowest BCUT2D eigenvalue weighted by Crippen LogP contribution is -2.45. The molecule has 2 aromatic heterocycles. The molecule has 0 spiro atoms. The van der Waals surface area contributed by atoms with Crippen molar-refractivity contribution in [2.75, 3.05) is 25.0 Å². The van der Waals surface area contributed by atoms with Crippen LogP contribution in [0.1, 0.15) is 39.5 Å². The molecular weight excluding hydrogens is 412 g/mol. The second-order valence-electron chi connectivity index (χ2n) is 10.9. The summed E-state index contributed by atoms with van der Waals surface area (Å²) in [5.74, 6) is 2.48. The summed E-state index contributed by atoms with van der Waals surface area (Å²) in [4.78, 5) is 2.75. The minimum atomic E-state index is 0.0271. The van der Waals surface area contributed by atoms with Crippen molar-refractivity contribution in [2.45, 2.75) is 57.2 Å². The number of anilines is 1. The van der Waals surface area contributed by atoms with E-state index >= 15 is 0 Å². The Kier molecular flexibility index (Phi) is 5.14. The number of hydrogen-bond acceptors (Lipinski definition) is 6. The maximum Gasteiger partial charge on any atom is 0.148 e. The van der Waals surface area contributed by atoms with Crippen LogP contribution in [0, 0.1) is 11.8 Å². The van der Waals surface area contributed by atoms with E-state index in [2.05, 4.69) is 63.6 Å². The Labute approximate surface area is 195 Å². The van der Waals surface area contributed by atoms with Gasteiger partial charge in [-0.15, -0.1) is 10.2 Å². The van der Waals surface area contributed by atoms with Gasteiger partial charge in [-0.3, -0.25) is 9.58 Å². The molecule has 3 fully saturated rings. The van der Waals surface area contributed by atoms with Crippen LogP contribution in [-0.4, -0.2) is 62.3 Å². The molecule has 6 rings (SSSR count). The van der Waals surface area contributed by atoms with Crippen molar-refractivity contribution in [3.63, 3.8) is 0 Å². The van der Waals surface area contributed by atoms with Gasteiger partial charge in [0.15, 0.2) is 0 Å². The minimum absolute atomic E-state index is 0.0271. The molecule has 3 aromatic rings. The van der Waals surface area contributed by atoms with Gasteiger partial charge < -0.3 is 10.1 Å². The van der Waals surface area contributed by atoms with Crippen LogP contribution in [-0.2, 0) is 11.8 Å². The summed E-state index contributed by atoms with van der Waals surface area (Å²) in [6.07, 6.45) is 6.83. The topological polar surface area (TPSA) is 68.1 Å². The molecule has 0 bridgehead atoms. The Morgan fingerprint density at radius 2 is 1.88 bits per heavy atom. The predicted molar refractivity (Wildman–Crippen MR) is 130 cm³/mol. The molecule has 7 nitrogen and oxygen atoms in total. The van der Waals surface area contributed by atoms with Gasteiger partial charge >= 0.3 is 0 Å². The summed E-state index contributed by atoms with van der Waals surface area (Å²) in [5, 5.41) is 18.2. The Morgan fingerprint density at radius 3 is 2.61 bits per heavy atom. The molecule has 1 aromatic carbocycles. The van der Waals surface area contributed by atoms with Crippen molar-refractivity contribution in [1.29, 1.82) is 0 Å². The number of nitrogens with one attached hydrogen (secondary N) is 1. The van der Waals surface area contributed by atoms with Crippen molar-refractivity contribution in [3.8, 4) is 11.3 Å². The van der Waals surface area contributed by atoms with E-state index in [9.17, 15) is 0 Å². The zero-order valence-corrected chi connectivity index (χ0v) is 19.9. The lowest BCUT2D eigenvalue weighted by Gasteiger charge is -2.40. The third-order valence-corrected chi connectivity index (χ3v) is 7.90. The molecule has 7 heteroatoms. The highest BCUT2D eigenvalue weighted by atomic mass is 16.5.